The molecule has 1 N–H and O–H groups in total. The van der Waals surface area contributed by atoms with E-state index in [2.05, 4.69) is 9.98 Å². The van der Waals surface area contributed by atoms with Crippen molar-refractivity contribution in [1.82, 2.24) is 4.98 Å². The molecule has 1 aliphatic rings. The zero-order valence-corrected chi connectivity index (χ0v) is 17.3. The third-order valence-corrected chi connectivity index (χ3v) is 6.96. The van der Waals surface area contributed by atoms with Gasteiger partial charge in [0.05, 0.1) is 16.3 Å². The van der Waals surface area contributed by atoms with Crippen LogP contribution in [0.15, 0.2) is 51.9 Å². The molecule has 0 aliphatic carbocycles. The molecule has 2 aromatic heterocycles. The predicted molar refractivity (Wildman–Crippen MR) is 117 cm³/mol. The molecule has 0 saturated heterocycles. The lowest BCUT2D eigenvalue weighted by molar-refractivity contribution is -0.402. The van der Waals surface area contributed by atoms with Crippen LogP contribution in [0.5, 0.6) is 5.75 Å². The van der Waals surface area contributed by atoms with E-state index < -0.39 is 16.9 Å². The van der Waals surface area contributed by atoms with Crippen LogP contribution in [0.3, 0.4) is 0 Å². The Balaban J connectivity index is 1.40. The minimum Gasteiger partial charge on any atom is -0.486 e. The van der Waals surface area contributed by atoms with Gasteiger partial charge in [-0.15, -0.1) is 23.1 Å². The highest BCUT2D eigenvalue weighted by molar-refractivity contribution is 8.15. The van der Waals surface area contributed by atoms with Crippen LogP contribution in [-0.4, -0.2) is 37.8 Å². The molecule has 1 atom stereocenters. The molecule has 0 amide bonds. The van der Waals surface area contributed by atoms with Crippen LogP contribution in [0.25, 0.3) is 21.0 Å². The quantitative estimate of drug-likeness (QED) is 0.333. The van der Waals surface area contributed by atoms with Crippen molar-refractivity contribution < 1.29 is 24.0 Å². The number of aromatic nitrogens is 1. The normalized spacial score (nSPS) is 16.0. The van der Waals surface area contributed by atoms with Crippen molar-refractivity contribution in [3.8, 4) is 5.75 Å². The summed E-state index contributed by atoms with van der Waals surface area (Å²) in [5.74, 6) is 0.145. The molecule has 5 rings (SSSR count). The number of thioether (sulfide) groups is 1. The van der Waals surface area contributed by atoms with E-state index in [0.29, 0.717) is 22.3 Å². The number of aliphatic carboxylic acids is 1. The second-order valence-corrected chi connectivity index (χ2v) is 8.71. The Bertz CT molecular complexity index is 1380. The standard InChI is InChI=1S/C20H13N3O6S2/c24-20(25)15-9-30-18(22-15)19-21-14-5-1-10-7-11(2-4-13(10)17(14)31-19)28-8-12-3-6-16(29-12)23(26)27/h1-7,15H,8-9H2,(H,24,25). The summed E-state index contributed by atoms with van der Waals surface area (Å²) in [4.78, 5) is 30.2. The molecule has 0 spiro atoms. The van der Waals surface area contributed by atoms with Gasteiger partial charge in [0.15, 0.2) is 6.04 Å². The van der Waals surface area contributed by atoms with E-state index in [4.69, 9.17) is 14.3 Å². The summed E-state index contributed by atoms with van der Waals surface area (Å²) in [6.07, 6.45) is 0. The molecular formula is C20H13N3O6S2. The van der Waals surface area contributed by atoms with Gasteiger partial charge >= 0.3 is 11.9 Å². The van der Waals surface area contributed by atoms with E-state index in [1.165, 1.54) is 35.2 Å². The zero-order chi connectivity index (χ0) is 21.5. The number of nitro groups is 1. The van der Waals surface area contributed by atoms with Crippen molar-refractivity contribution in [1.29, 1.82) is 0 Å². The number of carboxylic acids is 1. The minimum absolute atomic E-state index is 0.0775. The number of furan rings is 1. The average molecular weight is 455 g/mol. The number of carboxylic acid groups (broad SMARTS) is 1. The SMILES string of the molecule is O=C(O)C1CSC(c2nc3ccc4cc(OCc5ccc([N+](=O)[O-])o5)ccc4c3s2)=N1. The van der Waals surface area contributed by atoms with Crippen molar-refractivity contribution in [3.05, 3.63) is 63.3 Å². The largest absolute Gasteiger partial charge is 0.486 e. The monoisotopic (exact) mass is 455 g/mol. The van der Waals surface area contributed by atoms with Gasteiger partial charge in [-0.1, -0.05) is 6.07 Å². The first-order chi connectivity index (χ1) is 15.0. The Kier molecular flexibility index (Phi) is 4.83. The first-order valence-corrected chi connectivity index (χ1v) is 10.9. The smallest absolute Gasteiger partial charge is 0.433 e. The topological polar surface area (TPSA) is 128 Å². The highest BCUT2D eigenvalue weighted by atomic mass is 32.2. The lowest BCUT2D eigenvalue weighted by atomic mass is 10.1. The van der Waals surface area contributed by atoms with Crippen LogP contribution in [0.4, 0.5) is 5.88 Å². The molecule has 2 aromatic carbocycles. The second-order valence-electron chi connectivity index (χ2n) is 6.70. The summed E-state index contributed by atoms with van der Waals surface area (Å²) in [6.45, 7) is 0.0775. The van der Waals surface area contributed by atoms with Gasteiger partial charge in [-0.3, -0.25) is 15.1 Å². The van der Waals surface area contributed by atoms with Gasteiger partial charge in [0, 0.05) is 11.1 Å². The van der Waals surface area contributed by atoms with Crippen molar-refractivity contribution in [2.75, 3.05) is 5.75 Å². The Morgan fingerprint density at radius 1 is 1.29 bits per heavy atom. The number of rotatable bonds is 6. The summed E-state index contributed by atoms with van der Waals surface area (Å²) in [5, 5.41) is 23.2. The van der Waals surface area contributed by atoms with E-state index in [9.17, 15) is 14.9 Å². The van der Waals surface area contributed by atoms with E-state index in [1.807, 2.05) is 30.3 Å². The number of hydrogen-bond acceptors (Lipinski definition) is 9. The van der Waals surface area contributed by atoms with Gasteiger partial charge in [-0.2, -0.15) is 0 Å². The maximum atomic E-state index is 11.1. The van der Waals surface area contributed by atoms with E-state index >= 15 is 0 Å². The van der Waals surface area contributed by atoms with Gasteiger partial charge in [-0.05, 0) is 35.7 Å². The first kappa shape index (κ1) is 19.5. The summed E-state index contributed by atoms with van der Waals surface area (Å²) >= 11 is 2.89. The molecule has 1 aliphatic heterocycles. The highest BCUT2D eigenvalue weighted by Crippen LogP contribution is 2.35. The summed E-state index contributed by atoms with van der Waals surface area (Å²) in [5.41, 5.74) is 0.825. The van der Waals surface area contributed by atoms with Gasteiger partial charge in [-0.25, -0.2) is 9.78 Å². The van der Waals surface area contributed by atoms with Crippen molar-refractivity contribution >= 4 is 61.0 Å². The molecule has 9 nitrogen and oxygen atoms in total. The third-order valence-electron chi connectivity index (χ3n) is 4.67. The van der Waals surface area contributed by atoms with Crippen molar-refractivity contribution in [3.63, 3.8) is 0 Å². The van der Waals surface area contributed by atoms with Gasteiger partial charge in [0.2, 0.25) is 0 Å². The molecule has 1 unspecified atom stereocenters. The van der Waals surface area contributed by atoms with Crippen LogP contribution >= 0.6 is 23.1 Å². The number of carbonyl (C=O) groups is 1. The van der Waals surface area contributed by atoms with Crippen molar-refractivity contribution in [2.24, 2.45) is 4.99 Å². The van der Waals surface area contributed by atoms with Gasteiger partial charge < -0.3 is 14.3 Å². The second kappa shape index (κ2) is 7.67. The fourth-order valence-electron chi connectivity index (χ4n) is 3.19. The number of fused-ring (bicyclic) bond motifs is 3. The summed E-state index contributed by atoms with van der Waals surface area (Å²) in [6, 6.07) is 11.6. The number of benzene rings is 2. The number of hydrogen-bond donors (Lipinski definition) is 1. The van der Waals surface area contributed by atoms with Crippen LogP contribution in [0.2, 0.25) is 0 Å². The molecule has 156 valence electrons. The molecule has 0 fully saturated rings. The van der Waals surface area contributed by atoms with E-state index in [-0.39, 0.29) is 12.5 Å². The van der Waals surface area contributed by atoms with Crippen LogP contribution in [0.1, 0.15) is 10.8 Å². The fourth-order valence-corrected chi connectivity index (χ4v) is 5.38. The first-order valence-electron chi connectivity index (χ1n) is 9.11. The zero-order valence-electron chi connectivity index (χ0n) is 15.7. The maximum absolute atomic E-state index is 11.1. The number of thiazole rings is 1. The van der Waals surface area contributed by atoms with Gasteiger partial charge in [0.25, 0.3) is 0 Å². The fraction of sp³-hybridized carbons (Fsp3) is 0.150. The summed E-state index contributed by atoms with van der Waals surface area (Å²) in [7, 11) is 0. The molecule has 4 aromatic rings. The highest BCUT2D eigenvalue weighted by Gasteiger charge is 2.27. The van der Waals surface area contributed by atoms with Crippen molar-refractivity contribution in [2.45, 2.75) is 12.6 Å². The predicted octanol–water partition coefficient (Wildman–Crippen LogP) is 4.48. The molecular weight excluding hydrogens is 442 g/mol. The molecule has 0 bridgehead atoms. The lowest BCUT2D eigenvalue weighted by Crippen LogP contribution is -2.17. The minimum atomic E-state index is -0.925. The maximum Gasteiger partial charge on any atom is 0.433 e. The lowest BCUT2D eigenvalue weighted by Gasteiger charge is -2.06. The van der Waals surface area contributed by atoms with E-state index in [1.54, 1.807) is 0 Å². The Labute approximate surface area is 182 Å². The van der Waals surface area contributed by atoms with Crippen LogP contribution < -0.4 is 4.74 Å². The average Bonchev–Trinajstić information content (AvgIpc) is 3.50. The van der Waals surface area contributed by atoms with Gasteiger partial charge in [0.1, 0.15) is 33.1 Å². The Morgan fingerprint density at radius 2 is 2.16 bits per heavy atom. The Hall–Kier alpha value is -3.44. The summed E-state index contributed by atoms with van der Waals surface area (Å²) < 4.78 is 11.8. The third kappa shape index (κ3) is 3.73. The van der Waals surface area contributed by atoms with Crippen LogP contribution in [-0.2, 0) is 11.4 Å². The molecule has 31 heavy (non-hydrogen) atoms. The molecule has 3 heterocycles. The van der Waals surface area contributed by atoms with Crippen LogP contribution in [0, 0.1) is 10.1 Å². The number of ether oxygens (including phenoxy) is 1. The Morgan fingerprint density at radius 3 is 2.90 bits per heavy atom. The number of nitrogens with zero attached hydrogens (tertiary/aromatic N) is 3. The molecule has 0 radical (unpaired) electrons. The number of aliphatic imine (C=N–C) groups is 1. The van der Waals surface area contributed by atoms with E-state index in [0.717, 1.165) is 26.0 Å². The molecule has 0 saturated carbocycles. The molecule has 11 heteroatoms.